The van der Waals surface area contributed by atoms with Gasteiger partial charge in [-0.1, -0.05) is 29.8 Å². The highest BCUT2D eigenvalue weighted by Gasteiger charge is 2.19. The molecular formula is C22H22ClN3. The molecule has 4 heteroatoms. The normalized spacial score (nSPS) is 14.3. The average Bonchev–Trinajstić information content (AvgIpc) is 2.66. The van der Waals surface area contributed by atoms with Gasteiger partial charge in [-0.15, -0.1) is 0 Å². The van der Waals surface area contributed by atoms with E-state index >= 15 is 0 Å². The molecule has 26 heavy (non-hydrogen) atoms. The zero-order chi connectivity index (χ0) is 18.1. The Labute approximate surface area is 159 Å². The second kappa shape index (κ2) is 7.18. The second-order valence-corrected chi connectivity index (χ2v) is 7.43. The number of hydrogen-bond acceptors (Lipinski definition) is 3. The molecule has 3 aromatic rings. The molecule has 4 rings (SSSR count). The van der Waals surface area contributed by atoms with Gasteiger partial charge in [0.2, 0.25) is 0 Å². The lowest BCUT2D eigenvalue weighted by atomic mass is 10.0. The van der Waals surface area contributed by atoms with Crippen molar-refractivity contribution in [2.75, 3.05) is 6.54 Å². The number of halogens is 1. The van der Waals surface area contributed by atoms with Gasteiger partial charge in [0.25, 0.3) is 0 Å². The summed E-state index contributed by atoms with van der Waals surface area (Å²) in [7, 11) is 0. The Morgan fingerprint density at radius 3 is 2.69 bits per heavy atom. The number of benzene rings is 2. The highest BCUT2D eigenvalue weighted by Crippen LogP contribution is 2.24. The van der Waals surface area contributed by atoms with Gasteiger partial charge in [-0.25, -0.2) is 9.97 Å². The van der Waals surface area contributed by atoms with Crippen LogP contribution in [0.3, 0.4) is 0 Å². The summed E-state index contributed by atoms with van der Waals surface area (Å²) in [5.41, 5.74) is 7.58. The van der Waals surface area contributed by atoms with Gasteiger partial charge in [-0.05, 0) is 54.8 Å². The SMILES string of the molecule is Cc1cccc(CN2CCc3nc(-c4ccc(Cl)cc4)ncc3C2)c1C. The van der Waals surface area contributed by atoms with Gasteiger partial charge in [-0.3, -0.25) is 4.90 Å². The van der Waals surface area contributed by atoms with E-state index in [4.69, 9.17) is 16.6 Å². The number of aromatic nitrogens is 2. The van der Waals surface area contributed by atoms with Gasteiger partial charge in [0.05, 0.1) is 5.69 Å². The van der Waals surface area contributed by atoms with E-state index in [1.165, 1.54) is 27.9 Å². The van der Waals surface area contributed by atoms with Crippen LogP contribution in [0.25, 0.3) is 11.4 Å². The first-order valence-electron chi connectivity index (χ1n) is 8.98. The van der Waals surface area contributed by atoms with Crippen LogP contribution >= 0.6 is 11.6 Å². The lowest BCUT2D eigenvalue weighted by molar-refractivity contribution is 0.242. The van der Waals surface area contributed by atoms with Gasteiger partial charge in [0.15, 0.2) is 5.82 Å². The Balaban J connectivity index is 1.52. The second-order valence-electron chi connectivity index (χ2n) is 6.99. The zero-order valence-electron chi connectivity index (χ0n) is 15.2. The summed E-state index contributed by atoms with van der Waals surface area (Å²) in [6.07, 6.45) is 2.95. The summed E-state index contributed by atoms with van der Waals surface area (Å²) in [6.45, 7) is 7.30. The first kappa shape index (κ1) is 17.2. The van der Waals surface area contributed by atoms with E-state index in [0.717, 1.165) is 42.5 Å². The van der Waals surface area contributed by atoms with Crippen LogP contribution in [0.2, 0.25) is 5.02 Å². The molecule has 1 aliphatic rings. The van der Waals surface area contributed by atoms with E-state index in [-0.39, 0.29) is 0 Å². The Bertz CT molecular complexity index is 935. The van der Waals surface area contributed by atoms with Crippen LogP contribution in [-0.2, 0) is 19.5 Å². The van der Waals surface area contributed by atoms with Crippen molar-refractivity contribution in [3.8, 4) is 11.4 Å². The van der Waals surface area contributed by atoms with Gasteiger partial charge in [-0.2, -0.15) is 0 Å². The Morgan fingerprint density at radius 1 is 1.08 bits per heavy atom. The van der Waals surface area contributed by atoms with Gasteiger partial charge in [0.1, 0.15) is 0 Å². The van der Waals surface area contributed by atoms with E-state index in [2.05, 4.69) is 41.9 Å². The maximum atomic E-state index is 5.97. The molecular weight excluding hydrogens is 342 g/mol. The van der Waals surface area contributed by atoms with Crippen molar-refractivity contribution >= 4 is 11.6 Å². The third-order valence-corrected chi connectivity index (χ3v) is 5.48. The van der Waals surface area contributed by atoms with Crippen molar-refractivity contribution in [2.45, 2.75) is 33.4 Å². The summed E-state index contributed by atoms with van der Waals surface area (Å²) < 4.78 is 0. The molecule has 0 spiro atoms. The van der Waals surface area contributed by atoms with Gasteiger partial charge >= 0.3 is 0 Å². The van der Waals surface area contributed by atoms with Crippen molar-refractivity contribution < 1.29 is 0 Å². The van der Waals surface area contributed by atoms with Crippen LogP contribution in [-0.4, -0.2) is 21.4 Å². The third-order valence-electron chi connectivity index (χ3n) is 5.23. The molecule has 0 aliphatic carbocycles. The van der Waals surface area contributed by atoms with E-state index in [9.17, 15) is 0 Å². The van der Waals surface area contributed by atoms with Crippen molar-refractivity contribution in [2.24, 2.45) is 0 Å². The maximum Gasteiger partial charge on any atom is 0.159 e. The van der Waals surface area contributed by atoms with Crippen molar-refractivity contribution in [1.82, 2.24) is 14.9 Å². The van der Waals surface area contributed by atoms with E-state index in [0.29, 0.717) is 0 Å². The fourth-order valence-electron chi connectivity index (χ4n) is 3.47. The van der Waals surface area contributed by atoms with E-state index in [1.54, 1.807) is 0 Å². The Morgan fingerprint density at radius 2 is 1.88 bits per heavy atom. The predicted molar refractivity (Wildman–Crippen MR) is 106 cm³/mol. The minimum Gasteiger partial charge on any atom is -0.294 e. The van der Waals surface area contributed by atoms with Crippen molar-refractivity contribution in [1.29, 1.82) is 0 Å². The highest BCUT2D eigenvalue weighted by atomic mass is 35.5. The molecule has 0 amide bonds. The zero-order valence-corrected chi connectivity index (χ0v) is 15.9. The summed E-state index contributed by atoms with van der Waals surface area (Å²) >= 11 is 5.97. The van der Waals surface area contributed by atoms with Gasteiger partial charge in [0, 0.05) is 48.4 Å². The maximum absolute atomic E-state index is 5.97. The van der Waals surface area contributed by atoms with Crippen LogP contribution in [0, 0.1) is 13.8 Å². The summed E-state index contributed by atoms with van der Waals surface area (Å²) in [6, 6.07) is 14.3. The largest absolute Gasteiger partial charge is 0.294 e. The molecule has 2 heterocycles. The number of hydrogen-bond donors (Lipinski definition) is 0. The lowest BCUT2D eigenvalue weighted by Gasteiger charge is -2.28. The van der Waals surface area contributed by atoms with Gasteiger partial charge < -0.3 is 0 Å². The van der Waals surface area contributed by atoms with E-state index < -0.39 is 0 Å². The van der Waals surface area contributed by atoms with Crippen LogP contribution < -0.4 is 0 Å². The fraction of sp³-hybridized carbons (Fsp3) is 0.273. The van der Waals surface area contributed by atoms with Crippen molar-refractivity contribution in [3.05, 3.63) is 81.6 Å². The molecule has 0 saturated heterocycles. The number of nitrogens with zero attached hydrogens (tertiary/aromatic N) is 3. The van der Waals surface area contributed by atoms with Crippen LogP contribution in [0.5, 0.6) is 0 Å². The number of aryl methyl sites for hydroxylation is 1. The molecule has 132 valence electrons. The summed E-state index contributed by atoms with van der Waals surface area (Å²) in [4.78, 5) is 11.9. The molecule has 1 aromatic heterocycles. The summed E-state index contributed by atoms with van der Waals surface area (Å²) in [5.74, 6) is 0.781. The first-order valence-corrected chi connectivity index (χ1v) is 9.36. The molecule has 2 aromatic carbocycles. The number of rotatable bonds is 3. The minimum absolute atomic E-state index is 0.730. The molecule has 0 bridgehead atoms. The van der Waals surface area contributed by atoms with Crippen LogP contribution in [0.1, 0.15) is 27.9 Å². The molecule has 1 aliphatic heterocycles. The fourth-order valence-corrected chi connectivity index (χ4v) is 3.60. The summed E-state index contributed by atoms with van der Waals surface area (Å²) in [5, 5.41) is 0.730. The topological polar surface area (TPSA) is 29.0 Å². The molecule has 0 radical (unpaired) electrons. The van der Waals surface area contributed by atoms with Crippen LogP contribution in [0.4, 0.5) is 0 Å². The average molecular weight is 364 g/mol. The molecule has 0 atom stereocenters. The highest BCUT2D eigenvalue weighted by molar-refractivity contribution is 6.30. The smallest absolute Gasteiger partial charge is 0.159 e. The van der Waals surface area contributed by atoms with Crippen LogP contribution in [0.15, 0.2) is 48.7 Å². The lowest BCUT2D eigenvalue weighted by Crippen LogP contribution is -2.31. The minimum atomic E-state index is 0.730. The Hall–Kier alpha value is -2.23. The number of fused-ring (bicyclic) bond motifs is 1. The monoisotopic (exact) mass is 363 g/mol. The molecule has 0 unspecified atom stereocenters. The quantitative estimate of drug-likeness (QED) is 0.657. The standard InChI is InChI=1S/C22H22ClN3/c1-15-4-3-5-18(16(15)2)13-26-11-10-21-19(14-26)12-24-22(25-21)17-6-8-20(23)9-7-17/h3-9,12H,10-11,13-14H2,1-2H3. The predicted octanol–water partition coefficient (Wildman–Crippen LogP) is 4.97. The van der Waals surface area contributed by atoms with E-state index in [1.807, 2.05) is 30.5 Å². The first-order chi connectivity index (χ1) is 12.6. The Kier molecular flexibility index (Phi) is 4.75. The third kappa shape index (κ3) is 3.50. The molecule has 0 saturated carbocycles. The molecule has 0 fully saturated rings. The molecule has 0 N–H and O–H groups in total. The van der Waals surface area contributed by atoms with Crippen molar-refractivity contribution in [3.63, 3.8) is 0 Å². The molecule has 3 nitrogen and oxygen atoms in total.